The summed E-state index contributed by atoms with van der Waals surface area (Å²) in [6.07, 6.45) is 1.78. The standard InChI is InChI=1S/C18H23N5O4/c1-2-19-17(26)15-7-12(21-16(25)14-8-20-18(27)22-14)10-23(15)9-11-4-3-5-13(24)6-11/h3-6,8,12,15,24H,2,7,9-10H2,1H3,(H,19,26)(H,21,25)(H2,20,22,27)/t12-,15-/m0/s1. The van der Waals surface area contributed by atoms with Crippen molar-refractivity contribution in [3.8, 4) is 5.75 Å². The minimum absolute atomic E-state index is 0.0931. The third kappa shape index (κ3) is 4.56. The Morgan fingerprint density at radius 1 is 1.37 bits per heavy atom. The summed E-state index contributed by atoms with van der Waals surface area (Å²) in [5.74, 6) is -0.320. The molecule has 1 aliphatic heterocycles. The lowest BCUT2D eigenvalue weighted by molar-refractivity contribution is -0.125. The van der Waals surface area contributed by atoms with Crippen molar-refractivity contribution in [2.24, 2.45) is 0 Å². The van der Waals surface area contributed by atoms with Gasteiger partial charge in [-0.3, -0.25) is 14.5 Å². The highest BCUT2D eigenvalue weighted by molar-refractivity contribution is 5.92. The molecule has 0 bridgehead atoms. The van der Waals surface area contributed by atoms with Crippen LogP contribution in [0.1, 0.15) is 29.4 Å². The van der Waals surface area contributed by atoms with E-state index in [4.69, 9.17) is 0 Å². The van der Waals surface area contributed by atoms with Crippen molar-refractivity contribution in [3.05, 3.63) is 52.2 Å². The molecular formula is C18H23N5O4. The quantitative estimate of drug-likeness (QED) is 0.483. The van der Waals surface area contributed by atoms with Crippen LogP contribution in [0.5, 0.6) is 5.75 Å². The number of carbonyl (C=O) groups is 2. The number of aromatic nitrogens is 2. The maximum absolute atomic E-state index is 12.5. The van der Waals surface area contributed by atoms with Crippen LogP contribution in [-0.4, -0.2) is 57.0 Å². The number of aromatic amines is 2. The topological polar surface area (TPSA) is 130 Å². The minimum atomic E-state index is -0.447. The normalized spacial score (nSPS) is 19.7. The molecule has 1 aromatic heterocycles. The van der Waals surface area contributed by atoms with Gasteiger partial charge >= 0.3 is 5.69 Å². The van der Waals surface area contributed by atoms with Gasteiger partial charge < -0.3 is 25.7 Å². The van der Waals surface area contributed by atoms with E-state index in [-0.39, 0.29) is 29.4 Å². The Balaban J connectivity index is 1.71. The zero-order valence-electron chi connectivity index (χ0n) is 15.0. The summed E-state index contributed by atoms with van der Waals surface area (Å²) in [6.45, 7) is 3.34. The molecule has 9 heteroatoms. The number of benzene rings is 1. The number of phenols is 1. The number of amides is 2. The van der Waals surface area contributed by atoms with Gasteiger partial charge in [0.15, 0.2) is 0 Å². The van der Waals surface area contributed by atoms with E-state index in [9.17, 15) is 19.5 Å². The van der Waals surface area contributed by atoms with Crippen LogP contribution in [-0.2, 0) is 11.3 Å². The Hall–Kier alpha value is -3.07. The van der Waals surface area contributed by atoms with Crippen LogP contribution >= 0.6 is 0 Å². The second-order valence-electron chi connectivity index (χ2n) is 6.57. The van der Waals surface area contributed by atoms with Gasteiger partial charge in [-0.15, -0.1) is 0 Å². The molecule has 0 aliphatic carbocycles. The summed E-state index contributed by atoms with van der Waals surface area (Å²) in [5.41, 5.74) is 0.588. The van der Waals surface area contributed by atoms with E-state index < -0.39 is 11.6 Å². The third-order valence-corrected chi connectivity index (χ3v) is 4.53. The average molecular weight is 373 g/mol. The molecule has 0 radical (unpaired) electrons. The predicted molar refractivity (Wildman–Crippen MR) is 98.3 cm³/mol. The highest BCUT2D eigenvalue weighted by Gasteiger charge is 2.37. The number of phenolic OH excluding ortho intramolecular Hbond substituents is 1. The zero-order chi connectivity index (χ0) is 19.4. The monoisotopic (exact) mass is 373 g/mol. The van der Waals surface area contributed by atoms with Crippen molar-refractivity contribution in [2.45, 2.75) is 32.0 Å². The number of H-pyrrole nitrogens is 2. The van der Waals surface area contributed by atoms with Gasteiger partial charge in [-0.2, -0.15) is 0 Å². The molecule has 2 heterocycles. The second-order valence-corrected chi connectivity index (χ2v) is 6.57. The van der Waals surface area contributed by atoms with Crippen LogP contribution in [0.25, 0.3) is 0 Å². The second kappa shape index (κ2) is 8.09. The van der Waals surface area contributed by atoms with Crippen molar-refractivity contribution in [1.82, 2.24) is 25.5 Å². The number of nitrogens with one attached hydrogen (secondary N) is 4. The molecule has 9 nitrogen and oxygen atoms in total. The largest absolute Gasteiger partial charge is 0.508 e. The average Bonchev–Trinajstić information content (AvgIpc) is 3.21. The summed E-state index contributed by atoms with van der Waals surface area (Å²) < 4.78 is 0. The Labute approximate surface area is 155 Å². The first-order valence-corrected chi connectivity index (χ1v) is 8.84. The molecular weight excluding hydrogens is 350 g/mol. The zero-order valence-corrected chi connectivity index (χ0v) is 15.0. The number of nitrogens with zero attached hydrogens (tertiary/aromatic N) is 1. The van der Waals surface area contributed by atoms with Gasteiger partial charge in [0.1, 0.15) is 11.4 Å². The molecule has 2 amide bonds. The van der Waals surface area contributed by atoms with E-state index in [1.165, 1.54) is 6.20 Å². The molecule has 0 unspecified atom stereocenters. The van der Waals surface area contributed by atoms with Gasteiger partial charge in [0.05, 0.1) is 6.04 Å². The van der Waals surface area contributed by atoms with Gasteiger partial charge in [-0.1, -0.05) is 12.1 Å². The first kappa shape index (κ1) is 18.7. The summed E-state index contributed by atoms with van der Waals surface area (Å²) in [5, 5.41) is 15.3. The van der Waals surface area contributed by atoms with Crippen LogP contribution in [0.3, 0.4) is 0 Å². The first-order valence-electron chi connectivity index (χ1n) is 8.84. The fourth-order valence-electron chi connectivity index (χ4n) is 3.35. The Morgan fingerprint density at radius 3 is 2.85 bits per heavy atom. The number of imidazole rings is 1. The third-order valence-electron chi connectivity index (χ3n) is 4.53. The summed E-state index contributed by atoms with van der Waals surface area (Å²) in [7, 11) is 0. The molecule has 1 fully saturated rings. The number of hydrogen-bond acceptors (Lipinski definition) is 5. The molecule has 2 aromatic rings. The molecule has 27 heavy (non-hydrogen) atoms. The van der Waals surface area contributed by atoms with Gasteiger partial charge in [-0.05, 0) is 31.0 Å². The van der Waals surface area contributed by atoms with Gasteiger partial charge in [-0.25, -0.2) is 4.79 Å². The van der Waals surface area contributed by atoms with Crippen LogP contribution < -0.4 is 16.3 Å². The summed E-state index contributed by atoms with van der Waals surface area (Å²) >= 11 is 0. The van der Waals surface area contributed by atoms with E-state index in [0.29, 0.717) is 26.1 Å². The van der Waals surface area contributed by atoms with E-state index in [1.54, 1.807) is 18.2 Å². The van der Waals surface area contributed by atoms with E-state index in [1.807, 2.05) is 17.9 Å². The molecule has 2 atom stereocenters. The van der Waals surface area contributed by atoms with Gasteiger partial charge in [0.25, 0.3) is 5.91 Å². The smallest absolute Gasteiger partial charge is 0.323 e. The molecule has 0 saturated carbocycles. The number of rotatable bonds is 6. The SMILES string of the molecule is CCNC(=O)[C@@H]1C[C@H](NC(=O)c2c[nH]c(=O)[nH]2)CN1Cc1cccc(O)c1. The fraction of sp³-hybridized carbons (Fsp3) is 0.389. The van der Waals surface area contributed by atoms with Gasteiger partial charge in [0.2, 0.25) is 5.91 Å². The molecule has 144 valence electrons. The lowest BCUT2D eigenvalue weighted by Crippen LogP contribution is -2.42. The summed E-state index contributed by atoms with van der Waals surface area (Å²) in [6, 6.07) is 6.26. The number of hydrogen-bond donors (Lipinski definition) is 5. The molecule has 3 rings (SSSR count). The minimum Gasteiger partial charge on any atom is -0.508 e. The number of likely N-dealkylation sites (N-methyl/N-ethyl adjacent to an activating group) is 1. The van der Waals surface area contributed by atoms with Crippen molar-refractivity contribution < 1.29 is 14.7 Å². The van der Waals surface area contributed by atoms with E-state index in [0.717, 1.165) is 5.56 Å². The Bertz CT molecular complexity index is 874. The predicted octanol–water partition coefficient (Wildman–Crippen LogP) is -0.0824. The highest BCUT2D eigenvalue weighted by atomic mass is 16.3. The molecule has 1 aromatic carbocycles. The van der Waals surface area contributed by atoms with Gasteiger partial charge in [0, 0.05) is 31.9 Å². The highest BCUT2D eigenvalue weighted by Crippen LogP contribution is 2.22. The van der Waals surface area contributed by atoms with Crippen LogP contribution in [0, 0.1) is 0 Å². The lowest BCUT2D eigenvalue weighted by atomic mass is 10.1. The molecule has 1 aliphatic rings. The maximum Gasteiger partial charge on any atom is 0.323 e. The first-order chi connectivity index (χ1) is 13.0. The number of carbonyl (C=O) groups excluding carboxylic acids is 2. The van der Waals surface area contributed by atoms with Crippen LogP contribution in [0.15, 0.2) is 35.3 Å². The van der Waals surface area contributed by atoms with E-state index in [2.05, 4.69) is 20.6 Å². The molecule has 1 saturated heterocycles. The summed E-state index contributed by atoms with van der Waals surface area (Å²) in [4.78, 5) is 42.7. The Kier molecular flexibility index (Phi) is 5.60. The number of aromatic hydroxyl groups is 1. The molecule has 0 spiro atoms. The van der Waals surface area contributed by atoms with Crippen molar-refractivity contribution in [2.75, 3.05) is 13.1 Å². The number of likely N-dealkylation sites (tertiary alicyclic amines) is 1. The van der Waals surface area contributed by atoms with Crippen molar-refractivity contribution in [3.63, 3.8) is 0 Å². The maximum atomic E-state index is 12.5. The van der Waals surface area contributed by atoms with Crippen molar-refractivity contribution in [1.29, 1.82) is 0 Å². The van der Waals surface area contributed by atoms with Crippen LogP contribution in [0.4, 0.5) is 0 Å². The fourth-order valence-corrected chi connectivity index (χ4v) is 3.35. The van der Waals surface area contributed by atoms with Crippen molar-refractivity contribution >= 4 is 11.8 Å². The molecule has 5 N–H and O–H groups in total. The van der Waals surface area contributed by atoms with E-state index >= 15 is 0 Å². The van der Waals surface area contributed by atoms with Crippen LogP contribution in [0.2, 0.25) is 0 Å². The lowest BCUT2D eigenvalue weighted by Gasteiger charge is -2.23. The Morgan fingerprint density at radius 2 is 2.19 bits per heavy atom.